The van der Waals surface area contributed by atoms with Gasteiger partial charge in [-0.2, -0.15) is 5.10 Å². The Labute approximate surface area is 118 Å². The van der Waals surface area contributed by atoms with Crippen molar-refractivity contribution in [2.24, 2.45) is 5.73 Å². The Morgan fingerprint density at radius 1 is 1.47 bits per heavy atom. The highest BCUT2D eigenvalue weighted by Gasteiger charge is 2.11. The monoisotopic (exact) mass is 342 g/mol. The van der Waals surface area contributed by atoms with Crippen LogP contribution in [0.1, 0.15) is 5.56 Å². The molecule has 6 nitrogen and oxygen atoms in total. The summed E-state index contributed by atoms with van der Waals surface area (Å²) in [5.74, 6) is -0.0456. The Morgan fingerprint density at radius 3 is 2.63 bits per heavy atom. The second-order valence-electron chi connectivity index (χ2n) is 3.97. The Bertz CT molecular complexity index is 752. The van der Waals surface area contributed by atoms with Crippen molar-refractivity contribution in [2.45, 2.75) is 4.90 Å². The quantitative estimate of drug-likeness (QED) is 0.648. The van der Waals surface area contributed by atoms with E-state index in [0.717, 1.165) is 6.26 Å². The van der Waals surface area contributed by atoms with Crippen LogP contribution in [0.3, 0.4) is 0 Å². The molecule has 1 heterocycles. The summed E-state index contributed by atoms with van der Waals surface area (Å²) < 4.78 is 24.9. The van der Waals surface area contributed by atoms with Crippen LogP contribution in [0.25, 0.3) is 5.69 Å². The van der Waals surface area contributed by atoms with E-state index in [-0.39, 0.29) is 10.7 Å². The molecule has 0 aliphatic rings. The second kappa shape index (κ2) is 4.78. The van der Waals surface area contributed by atoms with Crippen LogP contribution in [-0.4, -0.2) is 30.3 Å². The molecule has 0 fully saturated rings. The molecule has 0 amide bonds. The number of hydrogen-bond acceptors (Lipinski definition) is 4. The number of nitrogens with zero attached hydrogens (tertiary/aromatic N) is 2. The van der Waals surface area contributed by atoms with E-state index in [0.29, 0.717) is 15.7 Å². The molecule has 0 radical (unpaired) electrons. The summed E-state index contributed by atoms with van der Waals surface area (Å²) in [6.45, 7) is 0. The average Bonchev–Trinajstić information content (AvgIpc) is 2.76. The molecule has 2 aromatic rings. The van der Waals surface area contributed by atoms with Crippen molar-refractivity contribution in [1.82, 2.24) is 9.78 Å². The normalized spacial score (nSPS) is 11.5. The number of hydrogen-bond donors (Lipinski definition) is 2. The van der Waals surface area contributed by atoms with Crippen LogP contribution in [0, 0.1) is 5.41 Å². The van der Waals surface area contributed by atoms with E-state index in [9.17, 15) is 8.42 Å². The number of nitrogens with one attached hydrogen (secondary N) is 1. The summed E-state index contributed by atoms with van der Waals surface area (Å²) in [5, 5.41) is 11.4. The van der Waals surface area contributed by atoms with E-state index in [1.807, 2.05) is 0 Å². The van der Waals surface area contributed by atoms with Crippen molar-refractivity contribution in [3.63, 3.8) is 0 Å². The number of amidine groups is 1. The Kier molecular flexibility index (Phi) is 3.46. The second-order valence-corrected chi connectivity index (χ2v) is 6.84. The molecular formula is C11H11BrN4O2S. The third-order valence-corrected chi connectivity index (χ3v) is 4.22. The van der Waals surface area contributed by atoms with E-state index in [1.54, 1.807) is 18.2 Å². The maximum atomic E-state index is 11.4. The Balaban J connectivity index is 2.46. The molecule has 0 unspecified atom stereocenters. The largest absolute Gasteiger partial charge is 0.384 e. The van der Waals surface area contributed by atoms with Gasteiger partial charge in [0, 0.05) is 22.5 Å². The molecule has 0 atom stereocenters. The van der Waals surface area contributed by atoms with Crippen molar-refractivity contribution >= 4 is 31.6 Å². The van der Waals surface area contributed by atoms with Crippen LogP contribution in [0.15, 0.2) is 40.0 Å². The molecule has 0 spiro atoms. The molecule has 0 bridgehead atoms. The number of nitrogen functional groups attached to an aromatic ring is 1. The van der Waals surface area contributed by atoms with E-state index in [1.165, 1.54) is 17.1 Å². The van der Waals surface area contributed by atoms with Gasteiger partial charge in [-0.15, -0.1) is 0 Å². The molecule has 3 N–H and O–H groups in total. The van der Waals surface area contributed by atoms with Crippen molar-refractivity contribution in [2.75, 3.05) is 6.26 Å². The first kappa shape index (κ1) is 13.8. The first-order chi connectivity index (χ1) is 8.79. The number of sulfone groups is 1. The van der Waals surface area contributed by atoms with Gasteiger partial charge in [0.2, 0.25) is 0 Å². The highest BCUT2D eigenvalue weighted by molar-refractivity contribution is 9.10. The summed E-state index contributed by atoms with van der Waals surface area (Å²) in [6.07, 6.45) is 3.86. The summed E-state index contributed by atoms with van der Waals surface area (Å²) >= 11 is 3.31. The van der Waals surface area contributed by atoms with E-state index in [2.05, 4.69) is 21.0 Å². The fourth-order valence-corrected chi connectivity index (χ4v) is 2.61. The van der Waals surface area contributed by atoms with Gasteiger partial charge in [-0.3, -0.25) is 5.41 Å². The number of benzene rings is 1. The van der Waals surface area contributed by atoms with Gasteiger partial charge in [-0.25, -0.2) is 13.1 Å². The lowest BCUT2D eigenvalue weighted by Gasteiger charge is -2.06. The van der Waals surface area contributed by atoms with Crippen molar-refractivity contribution < 1.29 is 8.42 Å². The van der Waals surface area contributed by atoms with Gasteiger partial charge < -0.3 is 5.73 Å². The lowest BCUT2D eigenvalue weighted by molar-refractivity contribution is 0.602. The number of rotatable bonds is 3. The summed E-state index contributed by atoms with van der Waals surface area (Å²) in [5.41, 5.74) is 6.66. The van der Waals surface area contributed by atoms with E-state index in [4.69, 9.17) is 11.1 Å². The van der Waals surface area contributed by atoms with Crippen LogP contribution < -0.4 is 5.73 Å². The predicted molar refractivity (Wildman–Crippen MR) is 75.4 cm³/mol. The van der Waals surface area contributed by atoms with Gasteiger partial charge in [0.05, 0.1) is 11.9 Å². The Morgan fingerprint density at radius 2 is 2.16 bits per heavy atom. The fraction of sp³-hybridized carbons (Fsp3) is 0.0909. The van der Waals surface area contributed by atoms with E-state index < -0.39 is 9.84 Å². The smallest absolute Gasteiger partial charge is 0.178 e. The van der Waals surface area contributed by atoms with Crippen molar-refractivity contribution in [3.05, 3.63) is 40.6 Å². The predicted octanol–water partition coefficient (Wildman–Crippen LogP) is 1.32. The highest BCUT2D eigenvalue weighted by Crippen LogP contribution is 2.21. The average molecular weight is 343 g/mol. The SMILES string of the molecule is CS(=O)(=O)c1cnn(-c2ccc(C(=N)N)c(Br)c2)c1. The molecular weight excluding hydrogens is 332 g/mol. The first-order valence-electron chi connectivity index (χ1n) is 5.18. The number of halogens is 1. The summed E-state index contributed by atoms with van der Waals surface area (Å²) in [6, 6.07) is 5.10. The van der Waals surface area contributed by atoms with Crippen LogP contribution in [0.2, 0.25) is 0 Å². The van der Waals surface area contributed by atoms with Gasteiger partial charge in [-0.05, 0) is 34.1 Å². The molecule has 100 valence electrons. The van der Waals surface area contributed by atoms with E-state index >= 15 is 0 Å². The molecule has 0 aliphatic heterocycles. The lowest BCUT2D eigenvalue weighted by Crippen LogP contribution is -2.12. The third kappa shape index (κ3) is 2.85. The third-order valence-electron chi connectivity index (χ3n) is 2.49. The molecule has 2 rings (SSSR count). The van der Waals surface area contributed by atoms with Crippen LogP contribution in [0.4, 0.5) is 0 Å². The molecule has 1 aromatic carbocycles. The number of nitrogens with two attached hydrogens (primary N) is 1. The van der Waals surface area contributed by atoms with Gasteiger partial charge in [0.1, 0.15) is 10.7 Å². The molecule has 0 aliphatic carbocycles. The van der Waals surface area contributed by atoms with Gasteiger partial charge >= 0.3 is 0 Å². The first-order valence-corrected chi connectivity index (χ1v) is 7.86. The topological polar surface area (TPSA) is 102 Å². The molecule has 1 aromatic heterocycles. The number of aromatic nitrogens is 2. The Hall–Kier alpha value is -1.67. The van der Waals surface area contributed by atoms with Crippen LogP contribution in [0.5, 0.6) is 0 Å². The fourth-order valence-electron chi connectivity index (χ4n) is 1.50. The van der Waals surface area contributed by atoms with Crippen molar-refractivity contribution in [1.29, 1.82) is 5.41 Å². The van der Waals surface area contributed by atoms with Gasteiger partial charge in [0.15, 0.2) is 9.84 Å². The highest BCUT2D eigenvalue weighted by atomic mass is 79.9. The standard InChI is InChI=1S/C11H11BrN4O2S/c1-19(17,18)8-5-15-16(6-8)7-2-3-9(11(13)14)10(12)4-7/h2-6H,1H3,(H3,13,14). The minimum Gasteiger partial charge on any atom is -0.384 e. The van der Waals surface area contributed by atoms with Gasteiger partial charge in [-0.1, -0.05) is 0 Å². The lowest BCUT2D eigenvalue weighted by atomic mass is 10.2. The minimum atomic E-state index is -3.27. The zero-order valence-electron chi connectivity index (χ0n) is 9.96. The zero-order valence-corrected chi connectivity index (χ0v) is 12.4. The summed E-state index contributed by atoms with van der Waals surface area (Å²) in [4.78, 5) is 0.152. The molecule has 0 saturated heterocycles. The van der Waals surface area contributed by atoms with Crippen LogP contribution >= 0.6 is 15.9 Å². The zero-order chi connectivity index (χ0) is 14.2. The molecule has 19 heavy (non-hydrogen) atoms. The van der Waals surface area contributed by atoms with Crippen LogP contribution in [-0.2, 0) is 9.84 Å². The molecule has 0 saturated carbocycles. The minimum absolute atomic E-state index is 0.0456. The molecule has 8 heteroatoms. The maximum Gasteiger partial charge on any atom is 0.178 e. The van der Waals surface area contributed by atoms with Crippen molar-refractivity contribution in [3.8, 4) is 5.69 Å². The summed E-state index contributed by atoms with van der Waals surface area (Å²) in [7, 11) is -3.27. The van der Waals surface area contributed by atoms with Gasteiger partial charge in [0.25, 0.3) is 0 Å². The maximum absolute atomic E-state index is 11.4.